The highest BCUT2D eigenvalue weighted by Gasteiger charge is 2.46. The highest BCUT2D eigenvalue weighted by molar-refractivity contribution is 5.84. The normalized spacial score (nSPS) is 19.1. The fourth-order valence-electron chi connectivity index (χ4n) is 9.16. The van der Waals surface area contributed by atoms with E-state index in [0.717, 1.165) is 38.4 Å². The summed E-state index contributed by atoms with van der Waals surface area (Å²) in [7, 11) is 0. The number of carbonyl (C=O) groups excluding carboxylic acids is 1. The standard InChI is InChI=1S/C50H93N3O2/c1-5-9-11-13-15-17-19-21-23-25-27-29-31-33-36-41-50(42-37-34-32-30-28-26-24-22-20-18-16-14-12-10-6-2)46-51-48(49(54)55-8-4)53(50)45-39-44-52-43-38-35-40-47(52)7-3/h21-24,46-48H,5-20,25-45H2,1-4H3/b23-21-,24-22-. The smallest absolute Gasteiger partial charge is 0.346 e. The number of unbranched alkanes of at least 4 members (excludes halogenated alkanes) is 22. The second-order valence-corrected chi connectivity index (χ2v) is 17.3. The molecule has 2 heterocycles. The largest absolute Gasteiger partial charge is 0.463 e. The van der Waals surface area contributed by atoms with Crippen molar-refractivity contribution in [2.24, 2.45) is 4.99 Å². The molecule has 0 aromatic carbocycles. The van der Waals surface area contributed by atoms with Crippen LogP contribution in [-0.2, 0) is 9.53 Å². The Morgan fingerprint density at radius 1 is 0.618 bits per heavy atom. The lowest BCUT2D eigenvalue weighted by molar-refractivity contribution is -0.150. The Hall–Kier alpha value is -1.46. The van der Waals surface area contributed by atoms with Gasteiger partial charge in [0.25, 0.3) is 0 Å². The van der Waals surface area contributed by atoms with Crippen molar-refractivity contribution in [1.29, 1.82) is 0 Å². The summed E-state index contributed by atoms with van der Waals surface area (Å²) >= 11 is 0. The Labute approximate surface area is 343 Å². The second kappa shape index (κ2) is 34.6. The van der Waals surface area contributed by atoms with Gasteiger partial charge in [0.15, 0.2) is 0 Å². The van der Waals surface area contributed by atoms with Crippen LogP contribution < -0.4 is 0 Å². The lowest BCUT2D eigenvalue weighted by Crippen LogP contribution is -2.53. The lowest BCUT2D eigenvalue weighted by Gasteiger charge is -2.40. The number of ether oxygens (including phenoxy) is 1. The number of allylic oxidation sites excluding steroid dienone is 4. The quantitative estimate of drug-likeness (QED) is 0.0359. The van der Waals surface area contributed by atoms with Gasteiger partial charge in [-0.2, -0.15) is 0 Å². The minimum Gasteiger partial charge on any atom is -0.463 e. The van der Waals surface area contributed by atoms with E-state index in [0.29, 0.717) is 6.61 Å². The summed E-state index contributed by atoms with van der Waals surface area (Å²) in [6.07, 6.45) is 54.4. The van der Waals surface area contributed by atoms with Crippen LogP contribution in [-0.4, -0.2) is 66.0 Å². The molecule has 0 amide bonds. The van der Waals surface area contributed by atoms with Gasteiger partial charge in [0.2, 0.25) is 6.17 Å². The number of likely N-dealkylation sites (tertiary alicyclic amines) is 1. The molecule has 0 N–H and O–H groups in total. The van der Waals surface area contributed by atoms with Crippen molar-refractivity contribution < 1.29 is 9.53 Å². The number of rotatable bonds is 37. The molecule has 2 aliphatic rings. The summed E-state index contributed by atoms with van der Waals surface area (Å²) in [5, 5.41) is 0. The van der Waals surface area contributed by atoms with E-state index < -0.39 is 6.17 Å². The highest BCUT2D eigenvalue weighted by Crippen LogP contribution is 2.35. The topological polar surface area (TPSA) is 45.1 Å². The SMILES string of the molecule is CCCCCCCC/C=C\CCCCCCCC1(CCCCCCC/C=C\CCCCCCCC)C=NC(C(=O)OCC)N1CCCN1CCCCC1CC. The molecule has 320 valence electrons. The molecule has 0 aliphatic carbocycles. The fourth-order valence-corrected chi connectivity index (χ4v) is 9.16. The first-order chi connectivity index (χ1) is 27.1. The minimum atomic E-state index is -0.477. The van der Waals surface area contributed by atoms with E-state index in [1.54, 1.807) is 0 Å². The highest BCUT2D eigenvalue weighted by atomic mass is 16.5. The van der Waals surface area contributed by atoms with Gasteiger partial charge in [-0.05, 0) is 110 Å². The van der Waals surface area contributed by atoms with Gasteiger partial charge in [-0.3, -0.25) is 9.89 Å². The average Bonchev–Trinajstić information content (AvgIpc) is 3.55. The van der Waals surface area contributed by atoms with E-state index in [2.05, 4.69) is 61.1 Å². The summed E-state index contributed by atoms with van der Waals surface area (Å²) in [4.78, 5) is 23.5. The molecule has 55 heavy (non-hydrogen) atoms. The first-order valence-corrected chi connectivity index (χ1v) is 24.6. The first kappa shape index (κ1) is 49.7. The molecule has 0 radical (unpaired) electrons. The Kier molecular flexibility index (Phi) is 31.2. The zero-order chi connectivity index (χ0) is 39.5. The molecule has 0 aromatic heterocycles. The van der Waals surface area contributed by atoms with Gasteiger partial charge >= 0.3 is 5.97 Å². The van der Waals surface area contributed by atoms with Gasteiger partial charge in [-0.15, -0.1) is 0 Å². The molecule has 2 atom stereocenters. The molecule has 5 heteroatoms. The van der Waals surface area contributed by atoms with E-state index in [1.165, 1.54) is 199 Å². The molecule has 2 aliphatic heterocycles. The Balaban J connectivity index is 1.86. The van der Waals surface area contributed by atoms with Crippen molar-refractivity contribution in [3.63, 3.8) is 0 Å². The van der Waals surface area contributed by atoms with Crippen molar-refractivity contribution in [3.05, 3.63) is 24.3 Å². The number of carbonyl (C=O) groups is 1. The molecule has 0 saturated carbocycles. The average molecular weight is 768 g/mol. The van der Waals surface area contributed by atoms with Crippen LogP contribution in [0.1, 0.15) is 240 Å². The number of nitrogens with zero attached hydrogens (tertiary/aromatic N) is 3. The molecule has 1 saturated heterocycles. The van der Waals surface area contributed by atoms with E-state index in [9.17, 15) is 4.79 Å². The number of aliphatic imine (C=N–C) groups is 1. The maximum atomic E-state index is 13.3. The molecule has 5 nitrogen and oxygen atoms in total. The number of hydrogen-bond donors (Lipinski definition) is 0. The van der Waals surface area contributed by atoms with Gasteiger partial charge in [0.1, 0.15) is 0 Å². The van der Waals surface area contributed by atoms with E-state index in [-0.39, 0.29) is 11.5 Å². The zero-order valence-corrected chi connectivity index (χ0v) is 37.4. The molecule has 2 rings (SSSR count). The Morgan fingerprint density at radius 3 is 1.56 bits per heavy atom. The number of hydrogen-bond acceptors (Lipinski definition) is 5. The van der Waals surface area contributed by atoms with Crippen molar-refractivity contribution in [2.75, 3.05) is 26.2 Å². The van der Waals surface area contributed by atoms with Crippen molar-refractivity contribution in [2.45, 2.75) is 257 Å². The molecule has 0 aromatic rings. The van der Waals surface area contributed by atoms with Crippen molar-refractivity contribution >= 4 is 12.2 Å². The predicted octanol–water partition coefficient (Wildman–Crippen LogP) is 14.7. The lowest BCUT2D eigenvalue weighted by atomic mass is 9.85. The maximum Gasteiger partial charge on any atom is 0.346 e. The molecular formula is C50H93N3O2. The van der Waals surface area contributed by atoms with Crippen LogP contribution in [0.3, 0.4) is 0 Å². The molecule has 1 fully saturated rings. The van der Waals surface area contributed by atoms with Gasteiger partial charge in [-0.25, -0.2) is 4.79 Å². The molecular weight excluding hydrogens is 675 g/mol. The number of esters is 1. The summed E-state index contributed by atoms with van der Waals surface area (Å²) in [5.41, 5.74) is -0.123. The fraction of sp³-hybridized carbons (Fsp3) is 0.880. The van der Waals surface area contributed by atoms with Crippen LogP contribution in [0, 0.1) is 0 Å². The van der Waals surface area contributed by atoms with Gasteiger partial charge in [0, 0.05) is 18.8 Å². The summed E-state index contributed by atoms with van der Waals surface area (Å²) in [6, 6.07) is 0.723. The third kappa shape index (κ3) is 22.9. The summed E-state index contributed by atoms with van der Waals surface area (Å²) in [6.45, 7) is 12.5. The van der Waals surface area contributed by atoms with E-state index in [4.69, 9.17) is 9.73 Å². The first-order valence-electron chi connectivity index (χ1n) is 24.6. The van der Waals surface area contributed by atoms with Crippen LogP contribution in [0.5, 0.6) is 0 Å². The van der Waals surface area contributed by atoms with E-state index >= 15 is 0 Å². The van der Waals surface area contributed by atoms with Crippen molar-refractivity contribution in [3.8, 4) is 0 Å². The number of piperidine rings is 1. The van der Waals surface area contributed by atoms with Crippen LogP contribution in [0.2, 0.25) is 0 Å². The van der Waals surface area contributed by atoms with Crippen LogP contribution in [0.4, 0.5) is 0 Å². The molecule has 0 spiro atoms. The third-order valence-corrected chi connectivity index (χ3v) is 12.6. The van der Waals surface area contributed by atoms with Crippen molar-refractivity contribution in [1.82, 2.24) is 9.80 Å². The minimum absolute atomic E-state index is 0.123. The third-order valence-electron chi connectivity index (χ3n) is 12.6. The second-order valence-electron chi connectivity index (χ2n) is 17.3. The predicted molar refractivity (Wildman–Crippen MR) is 241 cm³/mol. The van der Waals surface area contributed by atoms with Gasteiger partial charge in [-0.1, -0.05) is 167 Å². The molecule has 2 unspecified atom stereocenters. The van der Waals surface area contributed by atoms with Crippen LogP contribution in [0.15, 0.2) is 29.3 Å². The summed E-state index contributed by atoms with van der Waals surface area (Å²) < 4.78 is 5.63. The molecule has 0 bridgehead atoms. The van der Waals surface area contributed by atoms with E-state index in [1.807, 2.05) is 6.92 Å². The Bertz CT molecular complexity index is 936. The Morgan fingerprint density at radius 2 is 1.09 bits per heavy atom. The van der Waals surface area contributed by atoms with Crippen LogP contribution in [0.25, 0.3) is 0 Å². The van der Waals surface area contributed by atoms with Gasteiger partial charge in [0.05, 0.1) is 12.1 Å². The zero-order valence-electron chi connectivity index (χ0n) is 37.4. The van der Waals surface area contributed by atoms with Crippen LogP contribution >= 0.6 is 0 Å². The summed E-state index contributed by atoms with van der Waals surface area (Å²) in [5.74, 6) is -0.154. The maximum absolute atomic E-state index is 13.3. The monoisotopic (exact) mass is 768 g/mol. The van der Waals surface area contributed by atoms with Gasteiger partial charge < -0.3 is 9.64 Å².